The van der Waals surface area contributed by atoms with Crippen LogP contribution < -0.4 is 5.32 Å². The van der Waals surface area contributed by atoms with E-state index >= 15 is 0 Å². The molecule has 1 aliphatic rings. The Balaban J connectivity index is 1.76. The van der Waals surface area contributed by atoms with Gasteiger partial charge in [-0.15, -0.1) is 0 Å². The van der Waals surface area contributed by atoms with E-state index in [-0.39, 0.29) is 23.8 Å². The molecule has 1 aliphatic carbocycles. The van der Waals surface area contributed by atoms with E-state index in [0.29, 0.717) is 12.8 Å². The summed E-state index contributed by atoms with van der Waals surface area (Å²) >= 11 is 0. The Kier molecular flexibility index (Phi) is 5.42. The van der Waals surface area contributed by atoms with Crippen LogP contribution in [-0.4, -0.2) is 23.0 Å². The molecule has 0 aliphatic heterocycles. The summed E-state index contributed by atoms with van der Waals surface area (Å²) in [7, 11) is 0. The molecule has 1 saturated carbocycles. The second kappa shape index (κ2) is 7.29. The Morgan fingerprint density at radius 1 is 1.43 bits per heavy atom. The maximum atomic E-state index is 12.2. The van der Waals surface area contributed by atoms with Gasteiger partial charge in [0.15, 0.2) is 0 Å². The van der Waals surface area contributed by atoms with Crippen LogP contribution >= 0.6 is 0 Å². The summed E-state index contributed by atoms with van der Waals surface area (Å²) in [5.41, 5.74) is 0. The number of carbonyl (C=O) groups is 2. The van der Waals surface area contributed by atoms with Gasteiger partial charge in [-0.2, -0.15) is 0 Å². The van der Waals surface area contributed by atoms with Crippen molar-refractivity contribution in [2.75, 3.05) is 0 Å². The second-order valence-corrected chi connectivity index (χ2v) is 5.93. The van der Waals surface area contributed by atoms with Gasteiger partial charge in [0.2, 0.25) is 5.91 Å². The number of rotatable bonds is 6. The predicted molar refractivity (Wildman–Crippen MR) is 77.7 cm³/mol. The molecule has 3 unspecified atom stereocenters. The molecule has 0 saturated heterocycles. The average molecular weight is 293 g/mol. The van der Waals surface area contributed by atoms with Crippen molar-refractivity contribution >= 4 is 11.9 Å². The third-order valence-electron chi connectivity index (χ3n) is 4.19. The predicted octanol–water partition coefficient (Wildman–Crippen LogP) is 2.61. The highest BCUT2D eigenvalue weighted by Crippen LogP contribution is 2.29. The van der Waals surface area contributed by atoms with Crippen molar-refractivity contribution in [3.05, 3.63) is 24.2 Å². The molecule has 21 heavy (non-hydrogen) atoms. The first-order valence-electron chi connectivity index (χ1n) is 7.62. The van der Waals surface area contributed by atoms with Gasteiger partial charge in [0.1, 0.15) is 5.76 Å². The number of nitrogens with one attached hydrogen (secondary N) is 1. The van der Waals surface area contributed by atoms with Crippen LogP contribution in [0.15, 0.2) is 22.8 Å². The van der Waals surface area contributed by atoms with Crippen molar-refractivity contribution in [3.8, 4) is 0 Å². The molecule has 1 aromatic heterocycles. The lowest BCUT2D eigenvalue weighted by Gasteiger charge is -2.27. The van der Waals surface area contributed by atoms with Gasteiger partial charge in [-0.1, -0.05) is 6.42 Å². The Bertz CT molecular complexity index is 469. The molecule has 1 heterocycles. The third kappa shape index (κ3) is 4.62. The molecule has 1 fully saturated rings. The SMILES string of the molecule is CC(CCc1ccco1)NC(=O)C1CCCC(C(=O)O)C1. The molecule has 0 bridgehead atoms. The van der Waals surface area contributed by atoms with Crippen LogP contribution in [0.3, 0.4) is 0 Å². The molecule has 116 valence electrons. The summed E-state index contributed by atoms with van der Waals surface area (Å²) in [4.78, 5) is 23.2. The first-order chi connectivity index (χ1) is 10.1. The summed E-state index contributed by atoms with van der Waals surface area (Å²) in [5, 5.41) is 12.1. The van der Waals surface area contributed by atoms with Gasteiger partial charge in [0, 0.05) is 18.4 Å². The van der Waals surface area contributed by atoms with E-state index in [0.717, 1.165) is 31.4 Å². The minimum Gasteiger partial charge on any atom is -0.481 e. The summed E-state index contributed by atoms with van der Waals surface area (Å²) in [6.45, 7) is 1.97. The zero-order chi connectivity index (χ0) is 15.2. The number of furan rings is 1. The van der Waals surface area contributed by atoms with Crippen molar-refractivity contribution in [1.82, 2.24) is 5.32 Å². The van der Waals surface area contributed by atoms with Gasteiger partial charge < -0.3 is 14.8 Å². The first-order valence-corrected chi connectivity index (χ1v) is 7.62. The standard InChI is InChI=1S/C16H23NO4/c1-11(7-8-14-6-3-9-21-14)17-15(18)12-4-2-5-13(10-12)16(19)20/h3,6,9,11-13H,2,4-5,7-8,10H2,1H3,(H,17,18)(H,19,20). The maximum absolute atomic E-state index is 12.2. The molecular weight excluding hydrogens is 270 g/mol. The van der Waals surface area contributed by atoms with Gasteiger partial charge in [0.25, 0.3) is 0 Å². The van der Waals surface area contributed by atoms with Gasteiger partial charge >= 0.3 is 5.97 Å². The average Bonchev–Trinajstić information content (AvgIpc) is 2.98. The highest BCUT2D eigenvalue weighted by Gasteiger charge is 2.31. The summed E-state index contributed by atoms with van der Waals surface area (Å²) in [6, 6.07) is 3.84. The molecule has 2 rings (SSSR count). The lowest BCUT2D eigenvalue weighted by molar-refractivity contribution is -0.144. The van der Waals surface area contributed by atoms with E-state index in [1.807, 2.05) is 19.1 Å². The molecule has 3 atom stereocenters. The topological polar surface area (TPSA) is 79.5 Å². The van der Waals surface area contributed by atoms with Crippen molar-refractivity contribution in [3.63, 3.8) is 0 Å². The van der Waals surface area contributed by atoms with E-state index in [1.54, 1.807) is 6.26 Å². The Morgan fingerprint density at radius 3 is 2.86 bits per heavy atom. The number of amides is 1. The number of carbonyl (C=O) groups excluding carboxylic acids is 1. The van der Waals surface area contributed by atoms with Gasteiger partial charge in [0.05, 0.1) is 12.2 Å². The van der Waals surface area contributed by atoms with Crippen molar-refractivity contribution < 1.29 is 19.1 Å². The monoisotopic (exact) mass is 293 g/mol. The van der Waals surface area contributed by atoms with Crippen LogP contribution in [0, 0.1) is 11.8 Å². The normalized spacial score (nSPS) is 23.5. The lowest BCUT2D eigenvalue weighted by Crippen LogP contribution is -2.40. The zero-order valence-corrected chi connectivity index (χ0v) is 12.4. The van der Waals surface area contributed by atoms with E-state index in [1.165, 1.54) is 0 Å². The van der Waals surface area contributed by atoms with E-state index in [9.17, 15) is 9.59 Å². The summed E-state index contributed by atoms with van der Waals surface area (Å²) < 4.78 is 5.27. The number of aliphatic carboxylic acids is 1. The van der Waals surface area contributed by atoms with Crippen LogP contribution in [0.4, 0.5) is 0 Å². The van der Waals surface area contributed by atoms with E-state index in [2.05, 4.69) is 5.32 Å². The minimum absolute atomic E-state index is 0.00658. The van der Waals surface area contributed by atoms with Crippen molar-refractivity contribution in [2.45, 2.75) is 51.5 Å². The van der Waals surface area contributed by atoms with Crippen LogP contribution in [0.1, 0.15) is 44.8 Å². The van der Waals surface area contributed by atoms with E-state index < -0.39 is 5.97 Å². The number of aryl methyl sites for hydroxylation is 1. The number of carboxylic acid groups (broad SMARTS) is 1. The fourth-order valence-electron chi connectivity index (χ4n) is 2.90. The van der Waals surface area contributed by atoms with Crippen LogP contribution in [0.2, 0.25) is 0 Å². The summed E-state index contributed by atoms with van der Waals surface area (Å²) in [6.07, 6.45) is 6.01. The molecule has 0 radical (unpaired) electrons. The molecule has 5 nitrogen and oxygen atoms in total. The second-order valence-electron chi connectivity index (χ2n) is 5.93. The highest BCUT2D eigenvalue weighted by atomic mass is 16.4. The molecule has 1 aromatic rings. The van der Waals surface area contributed by atoms with Crippen molar-refractivity contribution in [1.29, 1.82) is 0 Å². The first kappa shape index (κ1) is 15.6. The zero-order valence-electron chi connectivity index (χ0n) is 12.4. The fraction of sp³-hybridized carbons (Fsp3) is 0.625. The highest BCUT2D eigenvalue weighted by molar-refractivity contribution is 5.80. The van der Waals surface area contributed by atoms with E-state index in [4.69, 9.17) is 9.52 Å². The third-order valence-corrected chi connectivity index (χ3v) is 4.19. The summed E-state index contributed by atoms with van der Waals surface area (Å²) in [5.74, 6) is -0.398. The molecule has 2 N–H and O–H groups in total. The number of carboxylic acids is 1. The smallest absolute Gasteiger partial charge is 0.306 e. The van der Waals surface area contributed by atoms with Crippen LogP contribution in [0.5, 0.6) is 0 Å². The van der Waals surface area contributed by atoms with Gasteiger partial charge in [-0.05, 0) is 44.7 Å². The maximum Gasteiger partial charge on any atom is 0.306 e. The Labute approximate surface area is 124 Å². The Morgan fingerprint density at radius 2 is 2.19 bits per heavy atom. The number of hydrogen-bond acceptors (Lipinski definition) is 3. The molecule has 1 amide bonds. The van der Waals surface area contributed by atoms with Crippen molar-refractivity contribution in [2.24, 2.45) is 11.8 Å². The van der Waals surface area contributed by atoms with Crippen LogP contribution in [0.25, 0.3) is 0 Å². The molecule has 0 aromatic carbocycles. The fourth-order valence-corrected chi connectivity index (χ4v) is 2.90. The lowest BCUT2D eigenvalue weighted by atomic mass is 9.81. The molecule has 5 heteroatoms. The van der Waals surface area contributed by atoms with Gasteiger partial charge in [-0.3, -0.25) is 9.59 Å². The molecule has 0 spiro atoms. The quantitative estimate of drug-likeness (QED) is 0.845. The molecular formula is C16H23NO4. The van der Waals surface area contributed by atoms with Gasteiger partial charge in [-0.25, -0.2) is 0 Å². The Hall–Kier alpha value is -1.78. The number of hydrogen-bond donors (Lipinski definition) is 2. The minimum atomic E-state index is -0.779. The van der Waals surface area contributed by atoms with Crippen LogP contribution in [-0.2, 0) is 16.0 Å². The largest absolute Gasteiger partial charge is 0.481 e.